The Labute approximate surface area is 160 Å². The van der Waals surface area contributed by atoms with Crippen molar-refractivity contribution < 1.29 is 9.53 Å². The molecular weight excluding hydrogens is 338 g/mol. The lowest BCUT2D eigenvalue weighted by Gasteiger charge is -2.37. The molecule has 2 aromatic carbocycles. The second kappa shape index (κ2) is 8.11. The van der Waals surface area contributed by atoms with Crippen molar-refractivity contribution in [2.45, 2.75) is 12.5 Å². The number of nitrogens with one attached hydrogen (secondary N) is 1. The standard InChI is InChI=1S/C22H27N3O2/c1-27-21-8-3-2-7-20(21)17-5-4-6-18(15-17)22(26)25-13-11-24(12-14-25)19-9-10-23-16-19/h2-8,15,19,23H,9-14,16H2,1H3/t19-/m0/s1. The number of nitrogens with zero attached hydrogens (tertiary/aromatic N) is 2. The predicted octanol–water partition coefficient (Wildman–Crippen LogP) is 2.48. The van der Waals surface area contributed by atoms with Crippen molar-refractivity contribution in [2.24, 2.45) is 0 Å². The second-order valence-corrected chi connectivity index (χ2v) is 7.26. The molecule has 27 heavy (non-hydrogen) atoms. The van der Waals surface area contributed by atoms with E-state index in [1.165, 1.54) is 6.42 Å². The summed E-state index contributed by atoms with van der Waals surface area (Å²) in [6.07, 6.45) is 1.22. The Balaban J connectivity index is 1.47. The Morgan fingerprint density at radius 3 is 2.63 bits per heavy atom. The molecule has 0 unspecified atom stereocenters. The highest BCUT2D eigenvalue weighted by atomic mass is 16.5. The summed E-state index contributed by atoms with van der Waals surface area (Å²) in [4.78, 5) is 17.5. The highest BCUT2D eigenvalue weighted by Gasteiger charge is 2.28. The third kappa shape index (κ3) is 3.84. The summed E-state index contributed by atoms with van der Waals surface area (Å²) >= 11 is 0. The molecule has 5 heteroatoms. The van der Waals surface area contributed by atoms with Gasteiger partial charge in [-0.2, -0.15) is 0 Å². The summed E-state index contributed by atoms with van der Waals surface area (Å²) in [6, 6.07) is 16.4. The van der Waals surface area contributed by atoms with Crippen LogP contribution in [0.1, 0.15) is 16.8 Å². The number of hydrogen-bond acceptors (Lipinski definition) is 4. The van der Waals surface area contributed by atoms with Gasteiger partial charge in [-0.1, -0.05) is 30.3 Å². The van der Waals surface area contributed by atoms with Crippen molar-refractivity contribution in [1.29, 1.82) is 0 Å². The van der Waals surface area contributed by atoms with Gasteiger partial charge in [-0.3, -0.25) is 9.69 Å². The molecule has 0 aliphatic carbocycles. The number of piperazine rings is 1. The first-order valence-electron chi connectivity index (χ1n) is 9.74. The van der Waals surface area contributed by atoms with E-state index in [9.17, 15) is 4.79 Å². The average molecular weight is 365 g/mol. The number of para-hydroxylation sites is 1. The number of benzene rings is 2. The average Bonchev–Trinajstić information content (AvgIpc) is 3.28. The third-order valence-electron chi connectivity index (χ3n) is 5.68. The quantitative estimate of drug-likeness (QED) is 0.904. The first kappa shape index (κ1) is 18.0. The lowest BCUT2D eigenvalue weighted by atomic mass is 10.0. The topological polar surface area (TPSA) is 44.8 Å². The molecule has 1 N–H and O–H groups in total. The summed E-state index contributed by atoms with van der Waals surface area (Å²) in [6.45, 7) is 5.71. The van der Waals surface area contributed by atoms with Gasteiger partial charge >= 0.3 is 0 Å². The zero-order valence-electron chi connectivity index (χ0n) is 15.9. The molecule has 2 saturated heterocycles. The minimum atomic E-state index is 0.121. The molecule has 2 aliphatic rings. The maximum atomic E-state index is 13.0. The number of hydrogen-bond donors (Lipinski definition) is 1. The Morgan fingerprint density at radius 1 is 1.07 bits per heavy atom. The molecule has 2 aliphatic heterocycles. The van der Waals surface area contributed by atoms with E-state index in [-0.39, 0.29) is 5.91 Å². The Kier molecular flexibility index (Phi) is 5.41. The van der Waals surface area contributed by atoms with E-state index in [0.717, 1.165) is 61.7 Å². The highest BCUT2D eigenvalue weighted by molar-refractivity contribution is 5.95. The number of methoxy groups -OCH3 is 1. The highest BCUT2D eigenvalue weighted by Crippen LogP contribution is 2.30. The fourth-order valence-corrected chi connectivity index (χ4v) is 4.13. The number of rotatable bonds is 4. The molecule has 0 bridgehead atoms. The summed E-state index contributed by atoms with van der Waals surface area (Å²) < 4.78 is 5.47. The van der Waals surface area contributed by atoms with Crippen molar-refractivity contribution in [1.82, 2.24) is 15.1 Å². The Hall–Kier alpha value is -2.37. The fourth-order valence-electron chi connectivity index (χ4n) is 4.13. The molecule has 0 spiro atoms. The van der Waals surface area contributed by atoms with Crippen LogP contribution in [0.4, 0.5) is 0 Å². The van der Waals surface area contributed by atoms with E-state index in [0.29, 0.717) is 6.04 Å². The van der Waals surface area contributed by atoms with Gasteiger partial charge < -0.3 is 15.0 Å². The monoisotopic (exact) mass is 365 g/mol. The second-order valence-electron chi connectivity index (χ2n) is 7.26. The maximum absolute atomic E-state index is 13.0. The van der Waals surface area contributed by atoms with Crippen LogP contribution in [0.2, 0.25) is 0 Å². The molecule has 4 rings (SSSR count). The lowest BCUT2D eigenvalue weighted by Crippen LogP contribution is -2.52. The SMILES string of the molecule is COc1ccccc1-c1cccc(C(=O)N2CCN([C@H]3CCNC3)CC2)c1. The van der Waals surface area contributed by atoms with Crippen LogP contribution in [0.3, 0.4) is 0 Å². The minimum Gasteiger partial charge on any atom is -0.496 e. The number of amides is 1. The number of carbonyl (C=O) groups is 1. The van der Waals surface area contributed by atoms with Crippen LogP contribution in [-0.4, -0.2) is 68.1 Å². The van der Waals surface area contributed by atoms with Crippen LogP contribution in [0.25, 0.3) is 11.1 Å². The smallest absolute Gasteiger partial charge is 0.253 e. The number of carbonyl (C=O) groups excluding carboxylic acids is 1. The predicted molar refractivity (Wildman–Crippen MR) is 107 cm³/mol. The molecule has 2 fully saturated rings. The van der Waals surface area contributed by atoms with Gasteiger partial charge in [0.15, 0.2) is 0 Å². The van der Waals surface area contributed by atoms with Crippen molar-refractivity contribution >= 4 is 5.91 Å². The van der Waals surface area contributed by atoms with Gasteiger partial charge in [0.05, 0.1) is 7.11 Å². The summed E-state index contributed by atoms with van der Waals surface area (Å²) in [5, 5.41) is 3.43. The summed E-state index contributed by atoms with van der Waals surface area (Å²) in [7, 11) is 1.67. The van der Waals surface area contributed by atoms with Gasteiger partial charge in [-0.25, -0.2) is 0 Å². The van der Waals surface area contributed by atoms with Crippen molar-refractivity contribution in [3.05, 3.63) is 54.1 Å². The van der Waals surface area contributed by atoms with Gasteiger partial charge in [-0.05, 0) is 36.7 Å². The molecule has 1 amide bonds. The van der Waals surface area contributed by atoms with Crippen molar-refractivity contribution in [3.8, 4) is 16.9 Å². The largest absolute Gasteiger partial charge is 0.496 e. The Morgan fingerprint density at radius 2 is 1.89 bits per heavy atom. The van der Waals surface area contributed by atoms with Gasteiger partial charge in [0.25, 0.3) is 5.91 Å². The minimum absolute atomic E-state index is 0.121. The van der Waals surface area contributed by atoms with E-state index >= 15 is 0 Å². The lowest BCUT2D eigenvalue weighted by molar-refractivity contribution is 0.0584. The fraction of sp³-hybridized carbons (Fsp3) is 0.409. The van der Waals surface area contributed by atoms with Crippen molar-refractivity contribution in [2.75, 3.05) is 46.4 Å². The molecule has 2 heterocycles. The molecule has 1 atom stereocenters. The van der Waals surface area contributed by atoms with E-state index in [4.69, 9.17) is 4.74 Å². The van der Waals surface area contributed by atoms with Crippen LogP contribution in [0.15, 0.2) is 48.5 Å². The zero-order chi connectivity index (χ0) is 18.6. The van der Waals surface area contributed by atoms with Crippen molar-refractivity contribution in [3.63, 3.8) is 0 Å². The maximum Gasteiger partial charge on any atom is 0.253 e. The molecule has 5 nitrogen and oxygen atoms in total. The molecule has 0 saturated carbocycles. The third-order valence-corrected chi connectivity index (χ3v) is 5.68. The van der Waals surface area contributed by atoms with E-state index in [1.54, 1.807) is 7.11 Å². The van der Waals surface area contributed by atoms with Crippen LogP contribution in [-0.2, 0) is 0 Å². The zero-order valence-corrected chi connectivity index (χ0v) is 15.9. The molecule has 0 aromatic heterocycles. The molecule has 142 valence electrons. The van der Waals surface area contributed by atoms with E-state index in [1.807, 2.05) is 53.4 Å². The first-order chi connectivity index (χ1) is 13.3. The normalized spacial score (nSPS) is 20.6. The summed E-state index contributed by atoms with van der Waals surface area (Å²) in [5.41, 5.74) is 2.76. The van der Waals surface area contributed by atoms with Gasteiger partial charge in [-0.15, -0.1) is 0 Å². The van der Waals surface area contributed by atoms with Gasteiger partial charge in [0, 0.05) is 49.9 Å². The molecule has 0 radical (unpaired) electrons. The summed E-state index contributed by atoms with van der Waals surface area (Å²) in [5.74, 6) is 0.942. The number of ether oxygens (including phenoxy) is 1. The Bertz CT molecular complexity index is 794. The van der Waals surface area contributed by atoms with Crippen LogP contribution < -0.4 is 10.1 Å². The molecule has 2 aromatic rings. The van der Waals surface area contributed by atoms with Gasteiger partial charge in [0.1, 0.15) is 5.75 Å². The van der Waals surface area contributed by atoms with Crippen LogP contribution in [0, 0.1) is 0 Å². The van der Waals surface area contributed by atoms with E-state index in [2.05, 4.69) is 10.2 Å². The van der Waals surface area contributed by atoms with Gasteiger partial charge in [0.2, 0.25) is 0 Å². The van der Waals surface area contributed by atoms with Crippen LogP contribution in [0.5, 0.6) is 5.75 Å². The first-order valence-corrected chi connectivity index (χ1v) is 9.74. The molecular formula is C22H27N3O2. The van der Waals surface area contributed by atoms with Crippen LogP contribution >= 0.6 is 0 Å². The van der Waals surface area contributed by atoms with E-state index < -0.39 is 0 Å².